The monoisotopic (exact) mass is 478 g/mol. The molecule has 1 unspecified atom stereocenters. The molecule has 188 valence electrons. The number of anilines is 1. The van der Waals surface area contributed by atoms with Crippen LogP contribution in [0.2, 0.25) is 0 Å². The topological polar surface area (TPSA) is 81.1 Å². The largest absolute Gasteiger partial charge is 0.478 e. The highest BCUT2D eigenvalue weighted by molar-refractivity contribution is 5.89. The first kappa shape index (κ1) is 26.5. The summed E-state index contributed by atoms with van der Waals surface area (Å²) in [6, 6.07) is 20.8. The van der Waals surface area contributed by atoms with Gasteiger partial charge in [-0.25, -0.2) is 9.59 Å². The van der Waals surface area contributed by atoms with Gasteiger partial charge in [0.05, 0.1) is 0 Å². The van der Waals surface area contributed by atoms with Gasteiger partial charge in [0.2, 0.25) is 0 Å². The lowest BCUT2D eigenvalue weighted by atomic mass is 9.85. The molecule has 1 atom stereocenters. The summed E-state index contributed by atoms with van der Waals surface area (Å²) in [6.07, 6.45) is 8.99. The Morgan fingerprint density at radius 1 is 0.914 bits per heavy atom. The molecule has 2 heterocycles. The fraction of sp³-hybridized carbons (Fsp3) is 0.448. The van der Waals surface area contributed by atoms with Crippen LogP contribution in [0.25, 0.3) is 0 Å². The molecule has 6 nitrogen and oxygen atoms in total. The summed E-state index contributed by atoms with van der Waals surface area (Å²) in [7, 11) is 0. The Balaban J connectivity index is 0.000000371. The van der Waals surface area contributed by atoms with Gasteiger partial charge in [0.15, 0.2) is 0 Å². The van der Waals surface area contributed by atoms with Crippen LogP contribution in [0.4, 0.5) is 5.69 Å². The molecule has 2 aliphatic heterocycles. The minimum atomic E-state index is -1.26. The van der Waals surface area contributed by atoms with Crippen molar-refractivity contribution < 1.29 is 19.8 Å². The molecule has 0 spiro atoms. The van der Waals surface area contributed by atoms with E-state index in [9.17, 15) is 9.59 Å². The lowest BCUT2D eigenvalue weighted by molar-refractivity contribution is -0.134. The first-order valence-electron chi connectivity index (χ1n) is 12.7. The maximum absolute atomic E-state index is 9.55. The van der Waals surface area contributed by atoms with Crippen LogP contribution in [0.15, 0.2) is 66.7 Å². The predicted molar refractivity (Wildman–Crippen MR) is 140 cm³/mol. The molecule has 2 aromatic rings. The molecular formula is C29H38N2O4. The van der Waals surface area contributed by atoms with E-state index in [1.807, 2.05) is 0 Å². The van der Waals surface area contributed by atoms with E-state index >= 15 is 0 Å². The summed E-state index contributed by atoms with van der Waals surface area (Å²) in [5, 5.41) is 15.6. The first-order chi connectivity index (χ1) is 17.0. The van der Waals surface area contributed by atoms with Gasteiger partial charge in [-0.05, 0) is 74.7 Å². The minimum Gasteiger partial charge on any atom is -0.478 e. The molecule has 0 aliphatic carbocycles. The summed E-state index contributed by atoms with van der Waals surface area (Å²) >= 11 is 0. The number of para-hydroxylation sites is 1. The van der Waals surface area contributed by atoms with Gasteiger partial charge in [-0.15, -0.1) is 0 Å². The number of aryl methyl sites for hydroxylation is 1. The van der Waals surface area contributed by atoms with Crippen LogP contribution < -0.4 is 4.90 Å². The molecule has 2 aromatic carbocycles. The zero-order valence-electron chi connectivity index (χ0n) is 20.7. The summed E-state index contributed by atoms with van der Waals surface area (Å²) in [5.74, 6) is -1.67. The fourth-order valence-electron chi connectivity index (χ4n) is 5.34. The van der Waals surface area contributed by atoms with Crippen molar-refractivity contribution in [1.29, 1.82) is 0 Å². The van der Waals surface area contributed by atoms with Crippen LogP contribution in [0, 0.1) is 5.92 Å². The summed E-state index contributed by atoms with van der Waals surface area (Å²) in [6.45, 7) is 7.13. The number of rotatable bonds is 7. The molecule has 4 rings (SSSR count). The Morgan fingerprint density at radius 2 is 1.54 bits per heavy atom. The van der Waals surface area contributed by atoms with E-state index in [1.54, 1.807) is 5.56 Å². The van der Waals surface area contributed by atoms with Crippen LogP contribution in [-0.4, -0.2) is 52.7 Å². The molecular weight excluding hydrogens is 440 g/mol. The third-order valence-electron chi connectivity index (χ3n) is 6.91. The molecule has 0 bridgehead atoms. The molecule has 2 aliphatic rings. The molecule has 0 aromatic heterocycles. The average molecular weight is 479 g/mol. The van der Waals surface area contributed by atoms with Crippen LogP contribution in [0.5, 0.6) is 0 Å². The molecule has 2 N–H and O–H groups in total. The number of nitrogens with zero attached hydrogens (tertiary/aromatic N) is 2. The Hall–Kier alpha value is -3.12. The van der Waals surface area contributed by atoms with Crippen molar-refractivity contribution in [3.63, 3.8) is 0 Å². The van der Waals surface area contributed by atoms with Crippen molar-refractivity contribution in [1.82, 2.24) is 4.90 Å². The number of carboxylic acids is 2. The van der Waals surface area contributed by atoms with Crippen molar-refractivity contribution in [2.45, 2.75) is 58.0 Å². The number of likely N-dealkylation sites (tertiary alicyclic amines) is 1. The van der Waals surface area contributed by atoms with Gasteiger partial charge in [0, 0.05) is 37.0 Å². The highest BCUT2D eigenvalue weighted by Crippen LogP contribution is 2.36. The molecule has 35 heavy (non-hydrogen) atoms. The smallest absolute Gasteiger partial charge is 0.328 e. The lowest BCUT2D eigenvalue weighted by Crippen LogP contribution is -2.45. The summed E-state index contributed by atoms with van der Waals surface area (Å²) < 4.78 is 0. The van der Waals surface area contributed by atoms with E-state index in [-0.39, 0.29) is 0 Å². The van der Waals surface area contributed by atoms with Gasteiger partial charge in [0.1, 0.15) is 0 Å². The lowest BCUT2D eigenvalue weighted by Gasteiger charge is -2.42. The molecule has 6 heteroatoms. The van der Waals surface area contributed by atoms with Crippen LogP contribution in [-0.2, 0) is 22.6 Å². The van der Waals surface area contributed by atoms with E-state index in [2.05, 4.69) is 71.3 Å². The number of fused-ring (bicyclic) bond motifs is 1. The molecule has 0 saturated carbocycles. The number of carbonyl (C=O) groups is 2. The number of carboxylic acid groups (broad SMARTS) is 2. The summed E-state index contributed by atoms with van der Waals surface area (Å²) in [5.41, 5.74) is 4.54. The zero-order valence-corrected chi connectivity index (χ0v) is 20.7. The average Bonchev–Trinajstić information content (AvgIpc) is 3.04. The third-order valence-corrected chi connectivity index (χ3v) is 6.91. The molecule has 1 fully saturated rings. The fourth-order valence-corrected chi connectivity index (χ4v) is 5.34. The van der Waals surface area contributed by atoms with Gasteiger partial charge in [0.25, 0.3) is 0 Å². The van der Waals surface area contributed by atoms with E-state index < -0.39 is 11.9 Å². The minimum absolute atomic E-state index is 0.558. The van der Waals surface area contributed by atoms with E-state index in [4.69, 9.17) is 10.2 Å². The number of piperidine rings is 1. The second-order valence-electron chi connectivity index (χ2n) is 9.39. The normalized spacial score (nSPS) is 18.9. The Bertz CT molecular complexity index is 952. The van der Waals surface area contributed by atoms with Gasteiger partial charge in [-0.2, -0.15) is 0 Å². The van der Waals surface area contributed by atoms with Crippen molar-refractivity contribution in [3.8, 4) is 0 Å². The number of aliphatic carboxylic acids is 2. The van der Waals surface area contributed by atoms with Gasteiger partial charge >= 0.3 is 11.9 Å². The van der Waals surface area contributed by atoms with Crippen LogP contribution >= 0.6 is 0 Å². The SMILES string of the molecule is CCCN1c2ccccc2CCCC1C1CCN(Cc2ccccc2)CC1.O=C(O)/C=C/C(=O)O. The number of benzene rings is 2. The summed E-state index contributed by atoms with van der Waals surface area (Å²) in [4.78, 5) is 24.5. The van der Waals surface area contributed by atoms with Gasteiger partial charge in [-0.3, -0.25) is 4.90 Å². The molecule has 0 amide bonds. The quantitative estimate of drug-likeness (QED) is 0.530. The van der Waals surface area contributed by atoms with Crippen molar-refractivity contribution in [2.24, 2.45) is 5.92 Å². The van der Waals surface area contributed by atoms with Crippen LogP contribution in [0.1, 0.15) is 50.2 Å². The highest BCUT2D eigenvalue weighted by Gasteiger charge is 2.32. The maximum atomic E-state index is 9.55. The Kier molecular flexibility index (Phi) is 10.4. The predicted octanol–water partition coefficient (Wildman–Crippen LogP) is 5.23. The van der Waals surface area contributed by atoms with E-state index in [1.165, 1.54) is 69.4 Å². The first-order valence-corrected chi connectivity index (χ1v) is 12.7. The number of hydrogen-bond donors (Lipinski definition) is 2. The Labute approximate surface area is 208 Å². The van der Waals surface area contributed by atoms with Crippen molar-refractivity contribution >= 4 is 17.6 Å². The van der Waals surface area contributed by atoms with E-state index in [0.29, 0.717) is 12.2 Å². The van der Waals surface area contributed by atoms with Crippen molar-refractivity contribution in [2.75, 3.05) is 24.5 Å². The maximum Gasteiger partial charge on any atom is 0.328 e. The van der Waals surface area contributed by atoms with E-state index in [0.717, 1.165) is 18.5 Å². The molecule has 1 saturated heterocycles. The standard InChI is InChI=1S/C25H34N2.C4H4O4/c1-2-17-27-24-13-7-6-11-22(24)12-8-14-25(27)23-15-18-26(19-16-23)20-21-9-4-3-5-10-21;5-3(6)1-2-4(7)8/h3-7,9-11,13,23,25H,2,8,12,14-20H2,1H3;1-2H,(H,5,6)(H,7,8)/b;2-1+. The zero-order chi connectivity index (χ0) is 25.0. The van der Waals surface area contributed by atoms with Crippen LogP contribution in [0.3, 0.4) is 0 Å². The highest BCUT2D eigenvalue weighted by atomic mass is 16.4. The van der Waals surface area contributed by atoms with Gasteiger partial charge < -0.3 is 15.1 Å². The number of hydrogen-bond acceptors (Lipinski definition) is 4. The Morgan fingerprint density at radius 3 is 2.17 bits per heavy atom. The molecule has 0 radical (unpaired) electrons. The van der Waals surface area contributed by atoms with Crippen molar-refractivity contribution in [3.05, 3.63) is 77.9 Å². The van der Waals surface area contributed by atoms with Gasteiger partial charge in [-0.1, -0.05) is 55.5 Å². The second-order valence-corrected chi connectivity index (χ2v) is 9.39. The third kappa shape index (κ3) is 8.25. The second kappa shape index (κ2) is 13.7.